The topological polar surface area (TPSA) is 99.1 Å². The van der Waals surface area contributed by atoms with Gasteiger partial charge >= 0.3 is 17.9 Å². The summed E-state index contributed by atoms with van der Waals surface area (Å²) in [5, 5.41) is 9.61. The molecule has 0 saturated carbocycles. The summed E-state index contributed by atoms with van der Waals surface area (Å²) >= 11 is 0. The lowest BCUT2D eigenvalue weighted by atomic mass is 10.1. The number of esters is 2. The quantitative estimate of drug-likeness (QED) is 0.0286. The second-order valence-electron chi connectivity index (χ2n) is 15.9. The molecule has 0 aliphatic heterocycles. The Morgan fingerprint density at radius 3 is 1.45 bits per heavy atom. The normalized spacial score (nSPS) is 13.7. The standard InChI is InChI=1S/C50H83NO7/c1-6-8-10-12-14-16-18-20-21-22-23-24-25-26-27-29-30-32-34-36-38-40-48(52)57-45-46(44-56-43-42-47(50(54)55)51(3,4)5)58-49(53)41-39-37-35-33-31-28-19-17-15-13-11-9-7-2/h14,16,20-21,23-24,26-28,30-32,35,37,46-47H,6-13,15,17-19,22,25,29,33-34,36,38-45H2,1-5H3/p+1/b16-14+,21-20+,24-23+,27-26+,31-28+,32-30+,37-35+. The molecule has 0 aromatic rings. The molecule has 8 nitrogen and oxygen atoms in total. The van der Waals surface area contributed by atoms with Gasteiger partial charge in [0, 0.05) is 19.3 Å². The van der Waals surface area contributed by atoms with E-state index >= 15 is 0 Å². The van der Waals surface area contributed by atoms with E-state index in [1.54, 1.807) is 0 Å². The predicted octanol–water partition coefficient (Wildman–Crippen LogP) is 12.5. The lowest BCUT2D eigenvalue weighted by molar-refractivity contribution is -0.887. The molecule has 0 rings (SSSR count). The first-order valence-electron chi connectivity index (χ1n) is 22.6. The first-order chi connectivity index (χ1) is 28.1. The van der Waals surface area contributed by atoms with Crippen LogP contribution in [-0.4, -0.2) is 80.6 Å². The van der Waals surface area contributed by atoms with E-state index in [-0.39, 0.29) is 49.1 Å². The van der Waals surface area contributed by atoms with Crippen LogP contribution in [0.5, 0.6) is 0 Å². The van der Waals surface area contributed by atoms with Crippen molar-refractivity contribution in [3.05, 3.63) is 85.1 Å². The Balaban J connectivity index is 4.47. The zero-order valence-electron chi connectivity index (χ0n) is 37.5. The molecule has 0 aromatic heterocycles. The van der Waals surface area contributed by atoms with Crippen molar-refractivity contribution < 1.29 is 38.2 Å². The smallest absolute Gasteiger partial charge is 0.362 e. The number of hydrogen-bond donors (Lipinski definition) is 1. The third kappa shape index (κ3) is 38.1. The van der Waals surface area contributed by atoms with E-state index in [9.17, 15) is 19.5 Å². The minimum absolute atomic E-state index is 0.0198. The van der Waals surface area contributed by atoms with Gasteiger partial charge in [0.1, 0.15) is 6.61 Å². The summed E-state index contributed by atoms with van der Waals surface area (Å²) in [6.45, 7) is 4.57. The highest BCUT2D eigenvalue weighted by Crippen LogP contribution is 2.11. The van der Waals surface area contributed by atoms with E-state index in [0.29, 0.717) is 19.3 Å². The van der Waals surface area contributed by atoms with E-state index in [4.69, 9.17) is 14.2 Å². The van der Waals surface area contributed by atoms with Gasteiger partial charge in [0.05, 0.1) is 34.4 Å². The molecule has 0 amide bonds. The van der Waals surface area contributed by atoms with Crippen LogP contribution in [0.2, 0.25) is 0 Å². The first kappa shape index (κ1) is 54.5. The average Bonchev–Trinajstić information content (AvgIpc) is 3.18. The van der Waals surface area contributed by atoms with E-state index in [0.717, 1.165) is 51.4 Å². The third-order valence-corrected chi connectivity index (χ3v) is 9.53. The largest absolute Gasteiger partial charge is 0.477 e. The molecule has 0 spiro atoms. The molecule has 0 bridgehead atoms. The third-order valence-electron chi connectivity index (χ3n) is 9.53. The predicted molar refractivity (Wildman–Crippen MR) is 243 cm³/mol. The Kier molecular flexibility index (Phi) is 37.9. The molecular weight excluding hydrogens is 727 g/mol. The van der Waals surface area contributed by atoms with Crippen LogP contribution in [0.15, 0.2) is 85.1 Å². The molecule has 0 radical (unpaired) electrons. The molecule has 58 heavy (non-hydrogen) atoms. The molecule has 0 aliphatic carbocycles. The van der Waals surface area contributed by atoms with Gasteiger partial charge < -0.3 is 23.8 Å². The van der Waals surface area contributed by atoms with Crippen LogP contribution in [0.25, 0.3) is 0 Å². The van der Waals surface area contributed by atoms with Crippen molar-refractivity contribution in [2.45, 2.75) is 174 Å². The number of aliphatic carboxylic acids is 1. The van der Waals surface area contributed by atoms with E-state index < -0.39 is 18.1 Å². The molecule has 2 atom stereocenters. The van der Waals surface area contributed by atoms with Gasteiger partial charge in [0.15, 0.2) is 12.1 Å². The molecule has 1 N–H and O–H groups in total. The number of carbonyl (C=O) groups is 3. The van der Waals surface area contributed by atoms with Crippen molar-refractivity contribution in [3.8, 4) is 0 Å². The highest BCUT2D eigenvalue weighted by Gasteiger charge is 2.31. The maximum Gasteiger partial charge on any atom is 0.362 e. The number of carboxylic acids is 1. The Morgan fingerprint density at radius 1 is 0.517 bits per heavy atom. The summed E-state index contributed by atoms with van der Waals surface area (Å²) in [5.41, 5.74) is 0. The molecule has 330 valence electrons. The molecule has 0 aliphatic rings. The second-order valence-corrected chi connectivity index (χ2v) is 15.9. The fraction of sp³-hybridized carbons (Fsp3) is 0.660. The number of rotatable bonds is 39. The molecule has 0 aromatic carbocycles. The number of unbranched alkanes of at least 4 members (excludes halogenated alkanes) is 11. The zero-order chi connectivity index (χ0) is 42.8. The van der Waals surface area contributed by atoms with Gasteiger partial charge in [-0.15, -0.1) is 0 Å². The maximum atomic E-state index is 12.7. The number of nitrogens with zero attached hydrogens (tertiary/aromatic N) is 1. The Bertz CT molecular complexity index is 1220. The van der Waals surface area contributed by atoms with Crippen molar-refractivity contribution in [2.24, 2.45) is 0 Å². The van der Waals surface area contributed by atoms with Gasteiger partial charge in [0.2, 0.25) is 0 Å². The van der Waals surface area contributed by atoms with E-state index in [1.165, 1.54) is 64.2 Å². The van der Waals surface area contributed by atoms with Crippen LogP contribution in [0.3, 0.4) is 0 Å². The van der Waals surface area contributed by atoms with Crippen LogP contribution in [-0.2, 0) is 28.6 Å². The summed E-state index contributed by atoms with van der Waals surface area (Å²) < 4.78 is 17.1. The molecule has 0 heterocycles. The fourth-order valence-corrected chi connectivity index (χ4v) is 5.98. The maximum absolute atomic E-state index is 12.7. The molecule has 2 unspecified atom stereocenters. The number of allylic oxidation sites excluding steroid dienone is 14. The SMILES string of the molecule is CCCCC/C=C/C/C=C/C/C=C/C/C=C/C/C=C/CCCCC(=O)OCC(COCCC(C(=O)O)[N+](C)(C)C)OC(=O)CC/C=C/C/C=C/CCCCCCCC. The highest BCUT2D eigenvalue weighted by molar-refractivity contribution is 5.72. The summed E-state index contributed by atoms with van der Waals surface area (Å²) in [4.78, 5) is 36.9. The van der Waals surface area contributed by atoms with Crippen LogP contribution in [0, 0.1) is 0 Å². The summed E-state index contributed by atoms with van der Waals surface area (Å²) in [6, 6.07) is -0.634. The van der Waals surface area contributed by atoms with Crippen molar-refractivity contribution in [1.82, 2.24) is 0 Å². The number of likely N-dealkylation sites (N-methyl/N-ethyl adjacent to an activating group) is 1. The van der Waals surface area contributed by atoms with Gasteiger partial charge in [-0.3, -0.25) is 9.59 Å². The summed E-state index contributed by atoms with van der Waals surface area (Å²) in [5.74, 6) is -1.62. The fourth-order valence-electron chi connectivity index (χ4n) is 5.98. The number of carbonyl (C=O) groups excluding carboxylic acids is 2. The number of hydrogen-bond acceptors (Lipinski definition) is 6. The minimum atomic E-state index is -0.892. The number of carboxylic acid groups (broad SMARTS) is 1. The number of quaternary nitrogens is 1. The second kappa shape index (κ2) is 40.3. The van der Waals surface area contributed by atoms with E-state index in [2.05, 4.69) is 92.8 Å². The van der Waals surface area contributed by atoms with Crippen molar-refractivity contribution >= 4 is 17.9 Å². The molecular formula is C50H84NO7+. The van der Waals surface area contributed by atoms with Gasteiger partial charge in [-0.25, -0.2) is 4.79 Å². The first-order valence-corrected chi connectivity index (χ1v) is 22.6. The zero-order valence-corrected chi connectivity index (χ0v) is 37.5. The molecule has 0 fully saturated rings. The van der Waals surface area contributed by atoms with Gasteiger partial charge in [-0.2, -0.15) is 0 Å². The lowest BCUT2D eigenvalue weighted by Crippen LogP contribution is -2.50. The van der Waals surface area contributed by atoms with Crippen LogP contribution in [0.4, 0.5) is 0 Å². The molecule has 8 heteroatoms. The van der Waals surface area contributed by atoms with Gasteiger partial charge in [0.25, 0.3) is 0 Å². The van der Waals surface area contributed by atoms with Crippen LogP contribution < -0.4 is 0 Å². The number of ether oxygens (including phenoxy) is 3. The molecule has 0 saturated heterocycles. The average molecular weight is 811 g/mol. The van der Waals surface area contributed by atoms with E-state index in [1.807, 2.05) is 27.2 Å². The van der Waals surface area contributed by atoms with Crippen molar-refractivity contribution in [3.63, 3.8) is 0 Å². The minimum Gasteiger partial charge on any atom is -0.477 e. The van der Waals surface area contributed by atoms with Crippen LogP contribution >= 0.6 is 0 Å². The Morgan fingerprint density at radius 2 is 0.948 bits per heavy atom. The van der Waals surface area contributed by atoms with Gasteiger partial charge in [-0.1, -0.05) is 144 Å². The van der Waals surface area contributed by atoms with Crippen LogP contribution in [0.1, 0.15) is 162 Å². The van der Waals surface area contributed by atoms with Crippen molar-refractivity contribution in [1.29, 1.82) is 0 Å². The Hall–Kier alpha value is -3.49. The monoisotopic (exact) mass is 811 g/mol. The lowest BCUT2D eigenvalue weighted by Gasteiger charge is -2.31. The van der Waals surface area contributed by atoms with Gasteiger partial charge in [-0.05, 0) is 83.5 Å². The Labute approximate surface area is 354 Å². The summed E-state index contributed by atoms with van der Waals surface area (Å²) in [6.07, 6.45) is 52.2. The highest BCUT2D eigenvalue weighted by atomic mass is 16.6. The summed E-state index contributed by atoms with van der Waals surface area (Å²) in [7, 11) is 5.48. The van der Waals surface area contributed by atoms with Crippen molar-refractivity contribution in [2.75, 3.05) is 41.0 Å².